The SMILES string of the molecule is CCCOCCOCc1ccnc(C(=N)N)c1. The predicted molar refractivity (Wildman–Crippen MR) is 66.0 cm³/mol. The molecule has 0 aromatic carbocycles. The first kappa shape index (κ1) is 13.6. The molecule has 0 saturated carbocycles. The number of aromatic nitrogens is 1. The first-order valence-electron chi connectivity index (χ1n) is 5.69. The van der Waals surface area contributed by atoms with Crippen molar-refractivity contribution in [2.24, 2.45) is 5.73 Å². The molecular formula is C12H19N3O2. The van der Waals surface area contributed by atoms with Crippen LogP contribution < -0.4 is 5.73 Å². The maximum Gasteiger partial charge on any atom is 0.141 e. The fraction of sp³-hybridized carbons (Fsp3) is 0.500. The third kappa shape index (κ3) is 5.42. The standard InChI is InChI=1S/C12H19N3O2/c1-2-5-16-6-7-17-9-10-3-4-15-11(8-10)12(13)14/h3-4,8H,2,5-7,9H2,1H3,(H3,13,14). The summed E-state index contributed by atoms with van der Waals surface area (Å²) in [4.78, 5) is 3.98. The lowest BCUT2D eigenvalue weighted by molar-refractivity contribution is 0.0408. The lowest BCUT2D eigenvalue weighted by Gasteiger charge is -2.06. The third-order valence-electron chi connectivity index (χ3n) is 2.09. The second-order valence-corrected chi connectivity index (χ2v) is 3.63. The van der Waals surface area contributed by atoms with E-state index in [0.29, 0.717) is 25.5 Å². The molecule has 0 aliphatic rings. The molecule has 1 aromatic rings. The molecule has 17 heavy (non-hydrogen) atoms. The molecule has 0 amide bonds. The highest BCUT2D eigenvalue weighted by molar-refractivity contribution is 5.93. The number of pyridine rings is 1. The van der Waals surface area contributed by atoms with Gasteiger partial charge in [-0.3, -0.25) is 10.4 Å². The Morgan fingerprint density at radius 3 is 2.82 bits per heavy atom. The van der Waals surface area contributed by atoms with Gasteiger partial charge in [-0.25, -0.2) is 0 Å². The van der Waals surface area contributed by atoms with E-state index >= 15 is 0 Å². The lowest BCUT2D eigenvalue weighted by atomic mass is 10.2. The average molecular weight is 237 g/mol. The summed E-state index contributed by atoms with van der Waals surface area (Å²) >= 11 is 0. The summed E-state index contributed by atoms with van der Waals surface area (Å²) in [6, 6.07) is 3.61. The summed E-state index contributed by atoms with van der Waals surface area (Å²) in [5, 5.41) is 7.28. The molecule has 0 atom stereocenters. The first-order valence-corrected chi connectivity index (χ1v) is 5.69. The van der Waals surface area contributed by atoms with Gasteiger partial charge in [-0.05, 0) is 24.1 Å². The van der Waals surface area contributed by atoms with Crippen LogP contribution in [0.2, 0.25) is 0 Å². The van der Waals surface area contributed by atoms with Gasteiger partial charge in [0.15, 0.2) is 0 Å². The van der Waals surface area contributed by atoms with Gasteiger partial charge in [-0.2, -0.15) is 0 Å². The summed E-state index contributed by atoms with van der Waals surface area (Å²) in [5.41, 5.74) is 6.79. The van der Waals surface area contributed by atoms with E-state index in [-0.39, 0.29) is 5.84 Å². The Morgan fingerprint density at radius 1 is 1.35 bits per heavy atom. The van der Waals surface area contributed by atoms with Crippen LogP contribution in [0.25, 0.3) is 0 Å². The van der Waals surface area contributed by atoms with Crippen molar-refractivity contribution in [1.82, 2.24) is 4.98 Å². The summed E-state index contributed by atoms with van der Waals surface area (Å²) < 4.78 is 10.7. The Bertz CT molecular complexity index is 355. The lowest BCUT2D eigenvalue weighted by Crippen LogP contribution is -2.13. The normalized spacial score (nSPS) is 10.4. The van der Waals surface area contributed by atoms with E-state index in [1.54, 1.807) is 12.3 Å². The van der Waals surface area contributed by atoms with E-state index in [2.05, 4.69) is 11.9 Å². The average Bonchev–Trinajstić information content (AvgIpc) is 2.34. The summed E-state index contributed by atoms with van der Waals surface area (Å²) in [6.45, 7) is 4.50. The number of nitrogen functional groups attached to an aromatic ring is 1. The molecule has 0 bridgehead atoms. The molecule has 0 aliphatic heterocycles. The van der Waals surface area contributed by atoms with E-state index in [9.17, 15) is 0 Å². The van der Waals surface area contributed by atoms with Gasteiger partial charge in [0.25, 0.3) is 0 Å². The zero-order chi connectivity index (χ0) is 12.5. The Balaban J connectivity index is 2.27. The largest absolute Gasteiger partial charge is 0.382 e. The van der Waals surface area contributed by atoms with Gasteiger partial charge in [-0.15, -0.1) is 0 Å². The van der Waals surface area contributed by atoms with Gasteiger partial charge >= 0.3 is 0 Å². The molecule has 0 spiro atoms. The molecule has 0 saturated heterocycles. The van der Waals surface area contributed by atoms with Crippen molar-refractivity contribution in [3.05, 3.63) is 29.6 Å². The van der Waals surface area contributed by atoms with Gasteiger partial charge in [0.1, 0.15) is 11.5 Å². The highest BCUT2D eigenvalue weighted by Gasteiger charge is 2.00. The number of hydrogen-bond acceptors (Lipinski definition) is 4. The predicted octanol–water partition coefficient (Wildman–Crippen LogP) is 1.31. The Kier molecular flexibility index (Phi) is 6.21. The molecule has 3 N–H and O–H groups in total. The maximum atomic E-state index is 7.28. The van der Waals surface area contributed by atoms with E-state index in [1.165, 1.54) is 0 Å². The number of rotatable bonds is 8. The fourth-order valence-corrected chi connectivity index (χ4v) is 1.27. The van der Waals surface area contributed by atoms with Crippen LogP contribution in [0.3, 0.4) is 0 Å². The summed E-state index contributed by atoms with van der Waals surface area (Å²) in [7, 11) is 0. The second kappa shape index (κ2) is 7.76. The van der Waals surface area contributed by atoms with Crippen LogP contribution >= 0.6 is 0 Å². The molecule has 1 heterocycles. The van der Waals surface area contributed by atoms with Crippen LogP contribution in [-0.4, -0.2) is 30.6 Å². The first-order chi connectivity index (χ1) is 8.24. The van der Waals surface area contributed by atoms with Crippen molar-refractivity contribution in [2.75, 3.05) is 19.8 Å². The molecule has 0 unspecified atom stereocenters. The van der Waals surface area contributed by atoms with Crippen LogP contribution in [-0.2, 0) is 16.1 Å². The molecule has 0 fully saturated rings. The maximum absolute atomic E-state index is 7.28. The van der Waals surface area contributed by atoms with E-state index in [1.807, 2.05) is 6.07 Å². The minimum Gasteiger partial charge on any atom is -0.382 e. The molecule has 94 valence electrons. The van der Waals surface area contributed by atoms with E-state index < -0.39 is 0 Å². The van der Waals surface area contributed by atoms with Gasteiger partial charge in [0.05, 0.1) is 19.8 Å². The van der Waals surface area contributed by atoms with Crippen molar-refractivity contribution in [3.63, 3.8) is 0 Å². The van der Waals surface area contributed by atoms with Crippen molar-refractivity contribution in [2.45, 2.75) is 20.0 Å². The van der Waals surface area contributed by atoms with Crippen molar-refractivity contribution < 1.29 is 9.47 Å². The van der Waals surface area contributed by atoms with Gasteiger partial charge in [0.2, 0.25) is 0 Å². The van der Waals surface area contributed by atoms with Gasteiger partial charge < -0.3 is 15.2 Å². The van der Waals surface area contributed by atoms with E-state index in [4.69, 9.17) is 20.6 Å². The third-order valence-corrected chi connectivity index (χ3v) is 2.09. The van der Waals surface area contributed by atoms with Gasteiger partial charge in [0, 0.05) is 12.8 Å². The number of nitrogens with one attached hydrogen (secondary N) is 1. The highest BCUT2D eigenvalue weighted by atomic mass is 16.5. The Morgan fingerprint density at radius 2 is 2.12 bits per heavy atom. The Labute approximate surface area is 101 Å². The van der Waals surface area contributed by atoms with Crippen LogP contribution in [0.5, 0.6) is 0 Å². The molecule has 1 rings (SSSR count). The molecule has 0 aliphatic carbocycles. The van der Waals surface area contributed by atoms with Crippen LogP contribution in [0.1, 0.15) is 24.6 Å². The summed E-state index contributed by atoms with van der Waals surface area (Å²) in [5.74, 6) is -0.0295. The molecule has 1 aromatic heterocycles. The molecule has 5 nitrogen and oxygen atoms in total. The monoisotopic (exact) mass is 237 g/mol. The number of amidine groups is 1. The zero-order valence-corrected chi connectivity index (χ0v) is 10.1. The highest BCUT2D eigenvalue weighted by Crippen LogP contribution is 2.03. The number of nitrogens with two attached hydrogens (primary N) is 1. The zero-order valence-electron chi connectivity index (χ0n) is 10.1. The van der Waals surface area contributed by atoms with Crippen molar-refractivity contribution >= 4 is 5.84 Å². The fourth-order valence-electron chi connectivity index (χ4n) is 1.27. The Hall–Kier alpha value is -1.46. The summed E-state index contributed by atoms with van der Waals surface area (Å²) in [6.07, 6.45) is 2.65. The quantitative estimate of drug-likeness (QED) is 0.406. The van der Waals surface area contributed by atoms with Crippen LogP contribution in [0, 0.1) is 5.41 Å². The minimum absolute atomic E-state index is 0.0295. The topological polar surface area (TPSA) is 81.2 Å². The van der Waals surface area contributed by atoms with Crippen molar-refractivity contribution in [1.29, 1.82) is 5.41 Å². The molecular weight excluding hydrogens is 218 g/mol. The number of ether oxygens (including phenoxy) is 2. The molecule has 0 radical (unpaired) electrons. The minimum atomic E-state index is -0.0295. The van der Waals surface area contributed by atoms with Crippen molar-refractivity contribution in [3.8, 4) is 0 Å². The molecule has 5 heteroatoms. The number of nitrogens with zero attached hydrogens (tertiary/aromatic N) is 1. The van der Waals surface area contributed by atoms with Gasteiger partial charge in [-0.1, -0.05) is 6.92 Å². The smallest absolute Gasteiger partial charge is 0.141 e. The second-order valence-electron chi connectivity index (χ2n) is 3.63. The van der Waals surface area contributed by atoms with E-state index in [0.717, 1.165) is 18.6 Å². The number of hydrogen-bond donors (Lipinski definition) is 2. The van der Waals surface area contributed by atoms with Crippen LogP contribution in [0.15, 0.2) is 18.3 Å². The van der Waals surface area contributed by atoms with Crippen LogP contribution in [0.4, 0.5) is 0 Å².